The highest BCUT2D eigenvalue weighted by Crippen LogP contribution is 2.04. The van der Waals surface area contributed by atoms with E-state index in [1.165, 1.54) is 12.3 Å². The van der Waals surface area contributed by atoms with Gasteiger partial charge in [0.2, 0.25) is 0 Å². The minimum atomic E-state index is -0.340. The maximum Gasteiger partial charge on any atom is 0.153 e. The van der Waals surface area contributed by atoms with Crippen LogP contribution in [0.1, 0.15) is 33.4 Å². The number of nitrogens with zero attached hydrogens (tertiary/aromatic N) is 3. The number of hydrogen-bond donors (Lipinski definition) is 0. The van der Waals surface area contributed by atoms with Crippen LogP contribution in [0.15, 0.2) is 30.6 Å². The summed E-state index contributed by atoms with van der Waals surface area (Å²) < 4.78 is 14.1. The van der Waals surface area contributed by atoms with Crippen LogP contribution in [0.5, 0.6) is 0 Å². The third-order valence-electron chi connectivity index (χ3n) is 1.67. The van der Waals surface area contributed by atoms with Crippen molar-refractivity contribution in [3.63, 3.8) is 0 Å². The third kappa shape index (κ3) is 4.76. The quantitative estimate of drug-likeness (QED) is 0.756. The van der Waals surface area contributed by atoms with E-state index in [0.717, 1.165) is 5.69 Å². The fraction of sp³-hybridized carbons (Fsp3) is 0.385. The van der Waals surface area contributed by atoms with Crippen molar-refractivity contribution in [2.45, 2.75) is 34.6 Å². The summed E-state index contributed by atoms with van der Waals surface area (Å²) in [7, 11) is 0. The molecule has 2 heterocycles. The molecule has 0 atom stereocenters. The maximum atomic E-state index is 12.5. The highest BCUT2D eigenvalue weighted by molar-refractivity contribution is 5.21. The summed E-state index contributed by atoms with van der Waals surface area (Å²) >= 11 is 0. The van der Waals surface area contributed by atoms with Crippen LogP contribution in [0.3, 0.4) is 0 Å². The predicted octanol–water partition coefficient (Wildman–Crippen LogP) is 3.77. The van der Waals surface area contributed by atoms with Crippen molar-refractivity contribution < 1.29 is 4.39 Å². The Hall–Kier alpha value is -1.71. The maximum absolute atomic E-state index is 12.5. The number of rotatable bonds is 1. The summed E-state index contributed by atoms with van der Waals surface area (Å²) in [5.41, 5.74) is 0.908. The molecule has 0 aliphatic rings. The fourth-order valence-electron chi connectivity index (χ4n) is 1.05. The molecule has 17 heavy (non-hydrogen) atoms. The van der Waals surface area contributed by atoms with Gasteiger partial charge in [0, 0.05) is 6.20 Å². The van der Waals surface area contributed by atoms with Crippen LogP contribution < -0.4 is 0 Å². The van der Waals surface area contributed by atoms with Gasteiger partial charge in [0.05, 0.1) is 11.9 Å². The molecule has 0 radical (unpaired) electrons. The van der Waals surface area contributed by atoms with Crippen LogP contribution in [0, 0.1) is 12.7 Å². The number of aryl methyl sites for hydroxylation is 1. The van der Waals surface area contributed by atoms with Crippen LogP contribution in [-0.2, 0) is 0 Å². The molecule has 0 aliphatic heterocycles. The van der Waals surface area contributed by atoms with E-state index >= 15 is 0 Å². The Morgan fingerprint density at radius 2 is 1.71 bits per heavy atom. The molecule has 0 bridgehead atoms. The molecule has 0 saturated heterocycles. The average Bonchev–Trinajstić information content (AvgIpc) is 2.82. The zero-order valence-electron chi connectivity index (χ0n) is 11.1. The second kappa shape index (κ2) is 8.44. The van der Waals surface area contributed by atoms with Gasteiger partial charge in [0.1, 0.15) is 5.82 Å². The molecule has 0 spiro atoms. The van der Waals surface area contributed by atoms with Crippen molar-refractivity contribution in [3.05, 3.63) is 42.1 Å². The zero-order chi connectivity index (χ0) is 13.3. The molecule has 0 saturated carbocycles. The molecule has 2 rings (SSSR count). The van der Waals surface area contributed by atoms with Gasteiger partial charge in [-0.1, -0.05) is 27.7 Å². The number of hydrogen-bond acceptors (Lipinski definition) is 2. The van der Waals surface area contributed by atoms with Gasteiger partial charge >= 0.3 is 0 Å². The van der Waals surface area contributed by atoms with Crippen molar-refractivity contribution in [2.75, 3.05) is 0 Å². The predicted molar refractivity (Wildman–Crippen MR) is 68.8 cm³/mol. The zero-order valence-corrected chi connectivity index (χ0v) is 11.1. The minimum absolute atomic E-state index is 0.340. The molecule has 0 N–H and O–H groups in total. The van der Waals surface area contributed by atoms with Crippen molar-refractivity contribution in [2.24, 2.45) is 0 Å². The Morgan fingerprint density at radius 1 is 1.06 bits per heavy atom. The first kappa shape index (κ1) is 15.3. The Labute approximate surface area is 102 Å². The van der Waals surface area contributed by atoms with E-state index in [9.17, 15) is 4.39 Å². The summed E-state index contributed by atoms with van der Waals surface area (Å²) in [4.78, 5) is 3.89. The molecule has 0 fully saturated rings. The summed E-state index contributed by atoms with van der Waals surface area (Å²) in [6.45, 7) is 9.89. The van der Waals surface area contributed by atoms with Crippen LogP contribution in [0.2, 0.25) is 0 Å². The lowest BCUT2D eigenvalue weighted by molar-refractivity contribution is 0.619. The molecule has 0 aromatic carbocycles. The van der Waals surface area contributed by atoms with Crippen LogP contribution in [0.25, 0.3) is 5.82 Å². The van der Waals surface area contributed by atoms with E-state index in [4.69, 9.17) is 0 Å². The first-order valence-electron chi connectivity index (χ1n) is 5.90. The van der Waals surface area contributed by atoms with E-state index in [1.807, 2.05) is 40.7 Å². The second-order valence-corrected chi connectivity index (χ2v) is 2.74. The monoisotopic (exact) mass is 237 g/mol. The van der Waals surface area contributed by atoms with Crippen molar-refractivity contribution in [1.82, 2.24) is 14.8 Å². The normalized spacial score (nSPS) is 8.59. The molecule has 2 aromatic heterocycles. The average molecular weight is 237 g/mol. The summed E-state index contributed by atoms with van der Waals surface area (Å²) in [5.74, 6) is 0.280. The van der Waals surface area contributed by atoms with E-state index in [1.54, 1.807) is 16.9 Å². The van der Waals surface area contributed by atoms with E-state index in [0.29, 0.717) is 5.82 Å². The molecule has 0 aliphatic carbocycles. The topological polar surface area (TPSA) is 30.7 Å². The highest BCUT2D eigenvalue weighted by atomic mass is 19.1. The van der Waals surface area contributed by atoms with Crippen LogP contribution >= 0.6 is 0 Å². The first-order chi connectivity index (χ1) is 8.25. The summed E-state index contributed by atoms with van der Waals surface area (Å²) in [5, 5.41) is 4.14. The Kier molecular flexibility index (Phi) is 7.59. The van der Waals surface area contributed by atoms with Gasteiger partial charge in [-0.05, 0) is 25.1 Å². The van der Waals surface area contributed by atoms with Gasteiger partial charge in [-0.3, -0.25) is 0 Å². The largest absolute Gasteiger partial charge is 0.234 e. The molecule has 3 nitrogen and oxygen atoms in total. The molecule has 2 aromatic rings. The van der Waals surface area contributed by atoms with Gasteiger partial charge in [-0.2, -0.15) is 5.10 Å². The Balaban J connectivity index is 0.000000581. The lowest BCUT2D eigenvalue weighted by Gasteiger charge is -1.98. The van der Waals surface area contributed by atoms with Crippen LogP contribution in [-0.4, -0.2) is 14.8 Å². The molecular weight excluding hydrogens is 217 g/mol. The number of aromatic nitrogens is 3. The van der Waals surface area contributed by atoms with Gasteiger partial charge < -0.3 is 0 Å². The number of pyridine rings is 1. The van der Waals surface area contributed by atoms with Gasteiger partial charge in [0.15, 0.2) is 5.82 Å². The van der Waals surface area contributed by atoms with Crippen molar-refractivity contribution in [3.8, 4) is 5.82 Å². The lowest BCUT2D eigenvalue weighted by Crippen LogP contribution is -1.97. The first-order valence-corrected chi connectivity index (χ1v) is 5.90. The van der Waals surface area contributed by atoms with Crippen molar-refractivity contribution in [1.29, 1.82) is 0 Å². The van der Waals surface area contributed by atoms with Crippen molar-refractivity contribution >= 4 is 0 Å². The van der Waals surface area contributed by atoms with Crippen LogP contribution in [0.4, 0.5) is 4.39 Å². The Bertz CT molecular complexity index is 407. The molecular formula is C13H20FN3. The summed E-state index contributed by atoms with van der Waals surface area (Å²) in [6, 6.07) is 4.81. The van der Waals surface area contributed by atoms with Gasteiger partial charge in [-0.15, -0.1) is 0 Å². The van der Waals surface area contributed by atoms with E-state index < -0.39 is 0 Å². The van der Waals surface area contributed by atoms with Gasteiger partial charge in [0.25, 0.3) is 0 Å². The lowest BCUT2D eigenvalue weighted by atomic mass is 10.4. The molecule has 0 unspecified atom stereocenters. The molecule has 0 amide bonds. The smallest absolute Gasteiger partial charge is 0.153 e. The fourth-order valence-corrected chi connectivity index (χ4v) is 1.05. The summed E-state index contributed by atoms with van der Waals surface area (Å²) in [6.07, 6.45) is 2.96. The standard InChI is InChI=1S/C9H8FN3.2C2H6/c1-7-4-5-13(12-7)9-3-2-8(10)6-11-9;2*1-2/h2-6H,1H3;2*1-2H3. The molecule has 94 valence electrons. The number of halogens is 1. The SMILES string of the molecule is CC.CC.Cc1ccn(-c2ccc(F)cn2)n1. The second-order valence-electron chi connectivity index (χ2n) is 2.74. The third-order valence-corrected chi connectivity index (χ3v) is 1.67. The van der Waals surface area contributed by atoms with Gasteiger partial charge in [-0.25, -0.2) is 14.1 Å². The highest BCUT2D eigenvalue weighted by Gasteiger charge is 1.98. The van der Waals surface area contributed by atoms with E-state index in [-0.39, 0.29) is 5.82 Å². The molecule has 4 heteroatoms. The minimum Gasteiger partial charge on any atom is -0.234 e. The Morgan fingerprint density at radius 3 is 2.12 bits per heavy atom. The van der Waals surface area contributed by atoms with E-state index in [2.05, 4.69) is 10.1 Å².